The van der Waals surface area contributed by atoms with Crippen LogP contribution in [0.4, 0.5) is 0 Å². The van der Waals surface area contributed by atoms with E-state index in [-0.39, 0.29) is 17.5 Å². The molecule has 2 heterocycles. The Bertz CT molecular complexity index is 722. The van der Waals surface area contributed by atoms with Gasteiger partial charge in [-0.25, -0.2) is 13.4 Å². The molecule has 0 saturated heterocycles. The van der Waals surface area contributed by atoms with Gasteiger partial charge in [0, 0.05) is 37.0 Å². The van der Waals surface area contributed by atoms with Crippen LogP contribution in [-0.4, -0.2) is 47.0 Å². The van der Waals surface area contributed by atoms with Gasteiger partial charge in [0.1, 0.15) is 10.5 Å². The van der Waals surface area contributed by atoms with E-state index >= 15 is 0 Å². The summed E-state index contributed by atoms with van der Waals surface area (Å²) in [6.45, 7) is 0.352. The highest BCUT2D eigenvalue weighted by molar-refractivity contribution is 7.89. The molecule has 2 N–H and O–H groups in total. The molecule has 0 radical (unpaired) electrons. The number of sulfonamides is 1. The average Bonchev–Trinajstić information content (AvgIpc) is 2.85. The van der Waals surface area contributed by atoms with Crippen molar-refractivity contribution in [3.63, 3.8) is 0 Å². The van der Waals surface area contributed by atoms with Crippen molar-refractivity contribution in [3.05, 3.63) is 24.5 Å². The van der Waals surface area contributed by atoms with Crippen molar-refractivity contribution in [2.24, 2.45) is 0 Å². The molecular formula is C14H19N3O3S. The molecule has 0 atom stereocenters. The zero-order valence-corrected chi connectivity index (χ0v) is 12.5. The third-order valence-corrected chi connectivity index (χ3v) is 6.01. The molecule has 0 aromatic carbocycles. The molecule has 6 nitrogen and oxygen atoms in total. The van der Waals surface area contributed by atoms with Crippen molar-refractivity contribution in [1.82, 2.24) is 14.3 Å². The number of H-pyrrole nitrogens is 1. The average molecular weight is 309 g/mol. The fourth-order valence-electron chi connectivity index (χ4n) is 2.67. The van der Waals surface area contributed by atoms with E-state index in [2.05, 4.69) is 9.97 Å². The first-order chi connectivity index (χ1) is 10.1. The van der Waals surface area contributed by atoms with Crippen molar-refractivity contribution >= 4 is 21.1 Å². The van der Waals surface area contributed by atoms with Crippen LogP contribution in [0.1, 0.15) is 25.7 Å². The van der Waals surface area contributed by atoms with Gasteiger partial charge in [-0.3, -0.25) is 0 Å². The molecule has 1 fully saturated rings. The SMILES string of the molecule is O=S(=O)(c1c[nH]c2ncccc12)N(CCCO)C1CCC1. The van der Waals surface area contributed by atoms with E-state index in [9.17, 15) is 8.42 Å². The zero-order valence-electron chi connectivity index (χ0n) is 11.7. The van der Waals surface area contributed by atoms with Crippen LogP contribution in [0.5, 0.6) is 0 Å². The van der Waals surface area contributed by atoms with Gasteiger partial charge < -0.3 is 10.1 Å². The first-order valence-electron chi connectivity index (χ1n) is 7.19. The summed E-state index contributed by atoms with van der Waals surface area (Å²) in [4.78, 5) is 7.32. The molecule has 21 heavy (non-hydrogen) atoms. The third-order valence-electron chi connectivity index (χ3n) is 4.02. The molecule has 0 spiro atoms. The number of rotatable bonds is 6. The second-order valence-corrected chi connectivity index (χ2v) is 7.19. The summed E-state index contributed by atoms with van der Waals surface area (Å²) in [5, 5.41) is 9.63. The monoisotopic (exact) mass is 309 g/mol. The number of hydrogen-bond donors (Lipinski definition) is 2. The molecular weight excluding hydrogens is 290 g/mol. The summed E-state index contributed by atoms with van der Waals surface area (Å²) in [6, 6.07) is 3.55. The molecule has 3 rings (SSSR count). The van der Waals surface area contributed by atoms with E-state index in [0.717, 1.165) is 19.3 Å². The maximum atomic E-state index is 12.9. The number of nitrogens with one attached hydrogen (secondary N) is 1. The number of pyridine rings is 1. The van der Waals surface area contributed by atoms with Crippen LogP contribution in [-0.2, 0) is 10.0 Å². The molecule has 114 valence electrons. The molecule has 1 saturated carbocycles. The minimum absolute atomic E-state index is 0.00577. The number of aromatic amines is 1. The van der Waals surface area contributed by atoms with Crippen LogP contribution in [0.3, 0.4) is 0 Å². The molecule has 2 aromatic heterocycles. The molecule has 0 bridgehead atoms. The zero-order chi connectivity index (χ0) is 14.9. The lowest BCUT2D eigenvalue weighted by Crippen LogP contribution is -2.44. The summed E-state index contributed by atoms with van der Waals surface area (Å²) in [6.07, 6.45) is 6.44. The Kier molecular flexibility index (Phi) is 3.97. The quantitative estimate of drug-likeness (QED) is 0.846. The number of aliphatic hydroxyl groups excluding tert-OH is 1. The fraction of sp³-hybridized carbons (Fsp3) is 0.500. The molecule has 0 aliphatic heterocycles. The Morgan fingerprint density at radius 3 is 2.90 bits per heavy atom. The van der Waals surface area contributed by atoms with Gasteiger partial charge in [-0.05, 0) is 31.4 Å². The van der Waals surface area contributed by atoms with E-state index in [0.29, 0.717) is 24.0 Å². The Morgan fingerprint density at radius 2 is 2.24 bits per heavy atom. The van der Waals surface area contributed by atoms with Crippen LogP contribution >= 0.6 is 0 Å². The molecule has 0 unspecified atom stereocenters. The number of fused-ring (bicyclic) bond motifs is 1. The highest BCUT2D eigenvalue weighted by atomic mass is 32.2. The largest absolute Gasteiger partial charge is 0.396 e. The maximum absolute atomic E-state index is 12.9. The topological polar surface area (TPSA) is 86.3 Å². The summed E-state index contributed by atoms with van der Waals surface area (Å²) in [5.74, 6) is 0. The molecule has 2 aromatic rings. The van der Waals surface area contributed by atoms with Gasteiger partial charge >= 0.3 is 0 Å². The smallest absolute Gasteiger partial charge is 0.245 e. The third kappa shape index (κ3) is 2.56. The molecule has 0 amide bonds. The lowest BCUT2D eigenvalue weighted by molar-refractivity contribution is 0.198. The Balaban J connectivity index is 2.00. The van der Waals surface area contributed by atoms with Crippen molar-refractivity contribution < 1.29 is 13.5 Å². The predicted molar refractivity (Wildman–Crippen MR) is 79.3 cm³/mol. The Labute approximate surface area is 123 Å². The van der Waals surface area contributed by atoms with Crippen molar-refractivity contribution in [2.45, 2.75) is 36.6 Å². The van der Waals surface area contributed by atoms with Gasteiger partial charge in [-0.15, -0.1) is 0 Å². The summed E-state index contributed by atoms with van der Waals surface area (Å²) in [7, 11) is -3.57. The number of aliphatic hydroxyl groups is 1. The van der Waals surface area contributed by atoms with Gasteiger partial charge in [0.25, 0.3) is 0 Å². The van der Waals surface area contributed by atoms with Gasteiger partial charge in [0.15, 0.2) is 0 Å². The predicted octanol–water partition coefficient (Wildman–Crippen LogP) is 1.49. The standard InChI is InChI=1S/C14H19N3O3S/c18-9-3-8-17(11-4-1-5-11)21(19,20)13-10-16-14-12(13)6-2-7-15-14/h2,6-7,10-11,18H,1,3-5,8-9H2,(H,15,16). The van der Waals surface area contributed by atoms with Gasteiger partial charge in [0.2, 0.25) is 10.0 Å². The molecule has 7 heteroatoms. The normalized spacial score (nSPS) is 16.5. The highest BCUT2D eigenvalue weighted by Gasteiger charge is 2.35. The van der Waals surface area contributed by atoms with E-state index in [1.165, 1.54) is 6.20 Å². The van der Waals surface area contributed by atoms with Crippen LogP contribution < -0.4 is 0 Å². The number of nitrogens with zero attached hydrogens (tertiary/aromatic N) is 2. The molecule has 1 aliphatic carbocycles. The molecule has 1 aliphatic rings. The van der Waals surface area contributed by atoms with E-state index in [1.54, 1.807) is 22.6 Å². The van der Waals surface area contributed by atoms with Gasteiger partial charge in [-0.1, -0.05) is 6.42 Å². The lowest BCUT2D eigenvalue weighted by atomic mass is 9.93. The fourth-order valence-corrected chi connectivity index (χ4v) is 4.55. The van der Waals surface area contributed by atoms with Crippen LogP contribution in [0.15, 0.2) is 29.4 Å². The van der Waals surface area contributed by atoms with Gasteiger partial charge in [-0.2, -0.15) is 4.31 Å². The summed E-state index contributed by atoms with van der Waals surface area (Å²) in [5.41, 5.74) is 0.576. The summed E-state index contributed by atoms with van der Waals surface area (Å²) >= 11 is 0. The summed E-state index contributed by atoms with van der Waals surface area (Å²) < 4.78 is 27.4. The van der Waals surface area contributed by atoms with Crippen molar-refractivity contribution in [2.75, 3.05) is 13.2 Å². The lowest BCUT2D eigenvalue weighted by Gasteiger charge is -2.36. The van der Waals surface area contributed by atoms with E-state index < -0.39 is 10.0 Å². The second kappa shape index (κ2) is 5.75. The maximum Gasteiger partial charge on any atom is 0.245 e. The van der Waals surface area contributed by atoms with Crippen LogP contribution in [0.25, 0.3) is 11.0 Å². The second-order valence-electron chi connectivity index (χ2n) is 5.33. The first-order valence-corrected chi connectivity index (χ1v) is 8.63. The minimum atomic E-state index is -3.57. The van der Waals surface area contributed by atoms with E-state index in [1.807, 2.05) is 0 Å². The minimum Gasteiger partial charge on any atom is -0.396 e. The van der Waals surface area contributed by atoms with Crippen molar-refractivity contribution in [1.29, 1.82) is 0 Å². The Morgan fingerprint density at radius 1 is 1.43 bits per heavy atom. The number of hydrogen-bond acceptors (Lipinski definition) is 4. The highest BCUT2D eigenvalue weighted by Crippen LogP contribution is 2.32. The van der Waals surface area contributed by atoms with Gasteiger partial charge in [0.05, 0.1) is 0 Å². The first kappa shape index (κ1) is 14.5. The van der Waals surface area contributed by atoms with Crippen LogP contribution in [0, 0.1) is 0 Å². The van der Waals surface area contributed by atoms with Crippen LogP contribution in [0.2, 0.25) is 0 Å². The van der Waals surface area contributed by atoms with E-state index in [4.69, 9.17) is 5.11 Å². The van der Waals surface area contributed by atoms with Crippen molar-refractivity contribution in [3.8, 4) is 0 Å². The number of aromatic nitrogens is 2. The Hall–Kier alpha value is -1.44.